The van der Waals surface area contributed by atoms with E-state index in [1.165, 1.54) is 23.2 Å². The number of hydrogen-bond acceptors (Lipinski definition) is 0. The number of benzene rings is 2. The predicted molar refractivity (Wildman–Crippen MR) is 77.9 cm³/mol. The Morgan fingerprint density at radius 2 is 1.12 bits per heavy atom. The van der Waals surface area contributed by atoms with Crippen molar-refractivity contribution < 1.29 is 0 Å². The molecule has 0 radical (unpaired) electrons. The highest BCUT2D eigenvalue weighted by molar-refractivity contribution is 7.05. The molecule has 0 spiro atoms. The van der Waals surface area contributed by atoms with E-state index >= 15 is 0 Å². The van der Waals surface area contributed by atoms with Crippen molar-refractivity contribution in [1.82, 2.24) is 0 Å². The molecule has 1 aliphatic rings. The second-order valence-electron chi connectivity index (χ2n) is 4.88. The van der Waals surface area contributed by atoms with Crippen LogP contribution in [0.15, 0.2) is 48.5 Å². The van der Waals surface area contributed by atoms with Crippen LogP contribution in [0.5, 0.6) is 0 Å². The van der Waals surface area contributed by atoms with E-state index in [0.29, 0.717) is 0 Å². The van der Waals surface area contributed by atoms with Crippen molar-refractivity contribution in [3.8, 4) is 11.1 Å². The number of rotatable bonds is 2. The van der Waals surface area contributed by atoms with E-state index in [1.807, 2.05) is 0 Å². The second-order valence-corrected chi connectivity index (χ2v) is 9.54. The Kier molecular flexibility index (Phi) is 2.44. The Morgan fingerprint density at radius 3 is 1.53 bits per heavy atom. The largest absolute Gasteiger partial charge is 0.119 e. The normalized spacial score (nSPS) is 15.4. The fourth-order valence-electron chi connectivity index (χ4n) is 3.43. The minimum absolute atomic E-state index is 1.32. The number of hydrogen-bond donors (Lipinski definition) is 0. The maximum atomic E-state index is 2.37. The molecule has 0 aromatic heterocycles. The monoisotopic (exact) mass is 238 g/mol. The smallest absolute Gasteiger partial charge is 0.0672 e. The molecule has 0 saturated heterocycles. The van der Waals surface area contributed by atoms with Crippen LogP contribution in [0.1, 0.15) is 13.8 Å². The molecule has 0 saturated carbocycles. The summed E-state index contributed by atoms with van der Waals surface area (Å²) in [5.74, 6) is 0. The van der Waals surface area contributed by atoms with Gasteiger partial charge in [0.05, 0.1) is 0 Å². The van der Waals surface area contributed by atoms with Crippen LogP contribution < -0.4 is 10.4 Å². The summed E-state index contributed by atoms with van der Waals surface area (Å²) in [6.07, 6.45) is 0. The highest BCUT2D eigenvalue weighted by atomic mass is 28.3. The molecule has 3 rings (SSSR count). The van der Waals surface area contributed by atoms with Crippen LogP contribution in [0, 0.1) is 0 Å². The highest BCUT2D eigenvalue weighted by Gasteiger charge is 2.41. The van der Waals surface area contributed by atoms with Gasteiger partial charge >= 0.3 is 0 Å². The molecular weight excluding hydrogens is 220 g/mol. The van der Waals surface area contributed by atoms with Crippen molar-refractivity contribution in [2.45, 2.75) is 25.9 Å². The van der Waals surface area contributed by atoms with Crippen molar-refractivity contribution in [2.75, 3.05) is 0 Å². The zero-order valence-electron chi connectivity index (χ0n) is 10.5. The van der Waals surface area contributed by atoms with Gasteiger partial charge in [-0.05, 0) is 21.5 Å². The lowest BCUT2D eigenvalue weighted by molar-refractivity contribution is 1.30. The molecule has 0 bridgehead atoms. The van der Waals surface area contributed by atoms with Gasteiger partial charge in [0.1, 0.15) is 8.07 Å². The molecule has 0 nitrogen and oxygen atoms in total. The molecule has 1 aliphatic heterocycles. The van der Waals surface area contributed by atoms with Crippen molar-refractivity contribution in [3.05, 3.63) is 48.5 Å². The maximum absolute atomic E-state index is 2.37. The summed E-state index contributed by atoms with van der Waals surface area (Å²) in [7, 11) is -1.42. The average Bonchev–Trinajstić information content (AvgIpc) is 2.70. The Bertz CT molecular complexity index is 505. The molecule has 2 aromatic rings. The SMILES string of the molecule is CC[Si]1(CC)c2ccccc2-c2ccccc21. The van der Waals surface area contributed by atoms with Crippen molar-refractivity contribution in [1.29, 1.82) is 0 Å². The van der Waals surface area contributed by atoms with E-state index in [9.17, 15) is 0 Å². The maximum Gasteiger partial charge on any atom is 0.119 e. The van der Waals surface area contributed by atoms with Gasteiger partial charge in [-0.3, -0.25) is 0 Å². The van der Waals surface area contributed by atoms with E-state index in [1.54, 1.807) is 10.4 Å². The second kappa shape index (κ2) is 3.85. The van der Waals surface area contributed by atoms with Crippen LogP contribution in [-0.2, 0) is 0 Å². The fourth-order valence-corrected chi connectivity index (χ4v) is 8.04. The van der Waals surface area contributed by atoms with Gasteiger partial charge in [-0.15, -0.1) is 0 Å². The predicted octanol–water partition coefficient (Wildman–Crippen LogP) is 3.27. The Hall–Kier alpha value is -1.34. The number of fused-ring (bicyclic) bond motifs is 3. The lowest BCUT2D eigenvalue weighted by Crippen LogP contribution is -2.53. The molecule has 17 heavy (non-hydrogen) atoms. The van der Waals surface area contributed by atoms with Crippen LogP contribution in [0.2, 0.25) is 12.1 Å². The van der Waals surface area contributed by atoms with E-state index in [4.69, 9.17) is 0 Å². The van der Waals surface area contributed by atoms with E-state index in [2.05, 4.69) is 62.4 Å². The van der Waals surface area contributed by atoms with Crippen LogP contribution in [-0.4, -0.2) is 8.07 Å². The first-order valence-electron chi connectivity index (χ1n) is 6.53. The zero-order chi connectivity index (χ0) is 11.9. The van der Waals surface area contributed by atoms with Gasteiger partial charge < -0.3 is 0 Å². The van der Waals surface area contributed by atoms with Gasteiger partial charge in [0.2, 0.25) is 0 Å². The third-order valence-corrected chi connectivity index (χ3v) is 9.73. The summed E-state index contributed by atoms with van der Waals surface area (Å²) >= 11 is 0. The van der Waals surface area contributed by atoms with Gasteiger partial charge in [-0.1, -0.05) is 74.5 Å². The van der Waals surface area contributed by atoms with Crippen molar-refractivity contribution >= 4 is 18.4 Å². The topological polar surface area (TPSA) is 0 Å². The quantitative estimate of drug-likeness (QED) is 0.704. The van der Waals surface area contributed by atoms with Crippen molar-refractivity contribution in [2.24, 2.45) is 0 Å². The molecular formula is C16H18Si. The molecule has 0 N–H and O–H groups in total. The third-order valence-electron chi connectivity index (χ3n) is 4.38. The fraction of sp³-hybridized carbons (Fsp3) is 0.250. The molecule has 2 aromatic carbocycles. The van der Waals surface area contributed by atoms with Gasteiger partial charge in [0.15, 0.2) is 0 Å². The Balaban J connectivity index is 2.38. The summed E-state index contributed by atoms with van der Waals surface area (Å²) in [6.45, 7) is 4.74. The summed E-state index contributed by atoms with van der Waals surface area (Å²) in [5, 5.41) is 3.32. The zero-order valence-corrected chi connectivity index (χ0v) is 11.5. The minimum atomic E-state index is -1.42. The standard InChI is InChI=1S/C16H18Si/c1-3-17(4-2)15-11-7-5-9-13(15)14-10-6-8-12-16(14)17/h5-12H,3-4H2,1-2H3. The van der Waals surface area contributed by atoms with Crippen molar-refractivity contribution in [3.63, 3.8) is 0 Å². The lowest BCUT2D eigenvalue weighted by Gasteiger charge is -2.26. The van der Waals surface area contributed by atoms with Crippen LogP contribution in [0.4, 0.5) is 0 Å². The third kappa shape index (κ3) is 1.29. The molecule has 0 amide bonds. The van der Waals surface area contributed by atoms with E-state index in [0.717, 1.165) is 0 Å². The first-order valence-corrected chi connectivity index (χ1v) is 8.94. The lowest BCUT2D eigenvalue weighted by atomic mass is 10.1. The molecule has 0 aliphatic carbocycles. The van der Waals surface area contributed by atoms with Gasteiger partial charge in [0, 0.05) is 0 Å². The first-order chi connectivity index (χ1) is 8.33. The van der Waals surface area contributed by atoms with Gasteiger partial charge in [-0.25, -0.2) is 0 Å². The van der Waals surface area contributed by atoms with E-state index < -0.39 is 8.07 Å². The molecule has 0 fully saturated rings. The van der Waals surface area contributed by atoms with Gasteiger partial charge in [0.25, 0.3) is 0 Å². The molecule has 86 valence electrons. The molecule has 0 unspecified atom stereocenters. The summed E-state index contributed by atoms with van der Waals surface area (Å²) < 4.78 is 0. The highest BCUT2D eigenvalue weighted by Crippen LogP contribution is 2.31. The minimum Gasteiger partial charge on any atom is -0.0672 e. The molecule has 1 heterocycles. The Morgan fingerprint density at radius 1 is 0.706 bits per heavy atom. The summed E-state index contributed by atoms with van der Waals surface area (Å²) in [4.78, 5) is 0. The average molecular weight is 238 g/mol. The van der Waals surface area contributed by atoms with Crippen LogP contribution >= 0.6 is 0 Å². The summed E-state index contributed by atoms with van der Waals surface area (Å²) in [5.41, 5.74) is 3.00. The van der Waals surface area contributed by atoms with Crippen LogP contribution in [0.25, 0.3) is 11.1 Å². The molecule has 1 heteroatoms. The van der Waals surface area contributed by atoms with E-state index in [-0.39, 0.29) is 0 Å². The first kappa shape index (κ1) is 10.8. The summed E-state index contributed by atoms with van der Waals surface area (Å²) in [6, 6.07) is 20.7. The Labute approximate surface area is 104 Å². The van der Waals surface area contributed by atoms with Crippen LogP contribution in [0.3, 0.4) is 0 Å². The van der Waals surface area contributed by atoms with Gasteiger partial charge in [-0.2, -0.15) is 0 Å². The molecule has 0 atom stereocenters.